The summed E-state index contributed by atoms with van der Waals surface area (Å²) < 4.78 is 5.02. The molecule has 0 spiro atoms. The van der Waals surface area contributed by atoms with E-state index < -0.39 is 0 Å². The number of carbonyl (C=O) groups is 2. The van der Waals surface area contributed by atoms with Crippen LogP contribution in [-0.4, -0.2) is 22.0 Å². The fourth-order valence-corrected chi connectivity index (χ4v) is 2.34. The fourth-order valence-electron chi connectivity index (χ4n) is 2.34. The van der Waals surface area contributed by atoms with Gasteiger partial charge in [0.25, 0.3) is 0 Å². The largest absolute Gasteiger partial charge is 0.352 e. The van der Waals surface area contributed by atoms with Crippen molar-refractivity contribution in [3.63, 3.8) is 0 Å². The van der Waals surface area contributed by atoms with Gasteiger partial charge in [0, 0.05) is 31.0 Å². The molecule has 26 heavy (non-hydrogen) atoms. The lowest BCUT2D eigenvalue weighted by molar-refractivity contribution is -0.121. The van der Waals surface area contributed by atoms with Crippen molar-refractivity contribution in [2.24, 2.45) is 5.92 Å². The monoisotopic (exact) mass is 358 g/mol. The second-order valence-corrected chi connectivity index (χ2v) is 6.36. The summed E-state index contributed by atoms with van der Waals surface area (Å²) in [4.78, 5) is 28.0. The van der Waals surface area contributed by atoms with E-state index >= 15 is 0 Å². The van der Waals surface area contributed by atoms with Crippen molar-refractivity contribution in [3.05, 3.63) is 41.5 Å². The van der Waals surface area contributed by atoms with Crippen molar-refractivity contribution in [3.8, 4) is 0 Å². The second-order valence-electron chi connectivity index (χ2n) is 6.36. The molecule has 1 unspecified atom stereocenters. The Hall–Kier alpha value is -2.70. The van der Waals surface area contributed by atoms with Crippen LogP contribution in [0.15, 0.2) is 28.8 Å². The third-order valence-electron chi connectivity index (χ3n) is 4.11. The summed E-state index contributed by atoms with van der Waals surface area (Å²) in [7, 11) is 0. The molecule has 0 radical (unpaired) electrons. The van der Waals surface area contributed by atoms with E-state index in [0.29, 0.717) is 37.5 Å². The molecule has 2 N–H and O–H groups in total. The first kappa shape index (κ1) is 19.6. The smallest absolute Gasteiger partial charge is 0.227 e. The number of hydrogen-bond donors (Lipinski definition) is 2. The van der Waals surface area contributed by atoms with Crippen molar-refractivity contribution < 1.29 is 14.1 Å². The lowest BCUT2D eigenvalue weighted by Gasteiger charge is -2.11. The van der Waals surface area contributed by atoms with E-state index in [2.05, 4.69) is 20.8 Å². The molecule has 140 valence electrons. The van der Waals surface area contributed by atoms with Gasteiger partial charge in [0.2, 0.25) is 17.7 Å². The summed E-state index contributed by atoms with van der Waals surface area (Å²) in [6.45, 7) is 6.07. The molecule has 7 heteroatoms. The standard InChI is InChI=1S/C19H26N4O3/c1-4-13(2)19(25)22-16-8-5-7-15(11-16)12-20-17(24)9-6-10-18-21-14(3)23-26-18/h5,7-8,11,13H,4,6,9-10,12H2,1-3H3,(H,20,24)(H,22,25). The number of amides is 2. The zero-order valence-electron chi connectivity index (χ0n) is 15.5. The van der Waals surface area contributed by atoms with Crippen molar-refractivity contribution in [2.75, 3.05) is 5.32 Å². The Labute approximate surface area is 153 Å². The Morgan fingerprint density at radius 2 is 2.12 bits per heavy atom. The van der Waals surface area contributed by atoms with Gasteiger partial charge in [0.1, 0.15) is 0 Å². The van der Waals surface area contributed by atoms with E-state index in [1.54, 1.807) is 6.92 Å². The highest BCUT2D eigenvalue weighted by Gasteiger charge is 2.11. The van der Waals surface area contributed by atoms with Crippen LogP contribution in [0.2, 0.25) is 0 Å². The van der Waals surface area contributed by atoms with Crippen LogP contribution >= 0.6 is 0 Å². The summed E-state index contributed by atoms with van der Waals surface area (Å²) >= 11 is 0. The van der Waals surface area contributed by atoms with Crippen molar-refractivity contribution in [1.82, 2.24) is 15.5 Å². The van der Waals surface area contributed by atoms with E-state index in [-0.39, 0.29) is 17.7 Å². The van der Waals surface area contributed by atoms with Gasteiger partial charge in [-0.05, 0) is 37.5 Å². The third kappa shape index (κ3) is 6.31. The summed E-state index contributed by atoms with van der Waals surface area (Å²) in [5.41, 5.74) is 1.68. The Bertz CT molecular complexity index is 742. The fraction of sp³-hybridized carbons (Fsp3) is 0.474. The van der Waals surface area contributed by atoms with Crippen molar-refractivity contribution >= 4 is 17.5 Å². The van der Waals surface area contributed by atoms with Crippen LogP contribution in [-0.2, 0) is 22.6 Å². The minimum atomic E-state index is -0.0321. The highest BCUT2D eigenvalue weighted by molar-refractivity contribution is 5.92. The topological polar surface area (TPSA) is 97.1 Å². The van der Waals surface area contributed by atoms with Gasteiger partial charge in [-0.2, -0.15) is 4.98 Å². The summed E-state index contributed by atoms with van der Waals surface area (Å²) in [6, 6.07) is 7.51. The van der Waals surface area contributed by atoms with Crippen LogP contribution in [0.4, 0.5) is 5.69 Å². The van der Waals surface area contributed by atoms with Crippen LogP contribution in [0.25, 0.3) is 0 Å². The number of nitrogens with zero attached hydrogens (tertiary/aromatic N) is 2. The average Bonchev–Trinajstić information content (AvgIpc) is 3.04. The Morgan fingerprint density at radius 3 is 2.81 bits per heavy atom. The number of rotatable bonds is 9. The van der Waals surface area contributed by atoms with Gasteiger partial charge in [-0.3, -0.25) is 9.59 Å². The zero-order valence-corrected chi connectivity index (χ0v) is 15.5. The molecule has 2 rings (SSSR count). The first-order chi connectivity index (χ1) is 12.5. The highest BCUT2D eigenvalue weighted by atomic mass is 16.5. The molecule has 0 saturated heterocycles. The first-order valence-electron chi connectivity index (χ1n) is 8.93. The lowest BCUT2D eigenvalue weighted by Crippen LogP contribution is -2.23. The number of carbonyl (C=O) groups excluding carboxylic acids is 2. The van der Waals surface area contributed by atoms with Crippen LogP contribution in [0.5, 0.6) is 0 Å². The molecule has 0 fully saturated rings. The molecule has 1 aromatic heterocycles. The van der Waals surface area contributed by atoms with Crippen LogP contribution < -0.4 is 10.6 Å². The maximum atomic E-state index is 12.0. The van der Waals surface area contributed by atoms with Crippen LogP contribution in [0, 0.1) is 12.8 Å². The van der Waals surface area contributed by atoms with Gasteiger partial charge in [-0.25, -0.2) is 0 Å². The highest BCUT2D eigenvalue weighted by Crippen LogP contribution is 2.13. The molecule has 0 aliphatic carbocycles. The quantitative estimate of drug-likeness (QED) is 0.718. The van der Waals surface area contributed by atoms with E-state index in [0.717, 1.165) is 17.7 Å². The number of aryl methyl sites for hydroxylation is 2. The molecule has 1 heterocycles. The molecule has 0 aliphatic heterocycles. The van der Waals surface area contributed by atoms with E-state index in [1.165, 1.54) is 0 Å². The SMILES string of the molecule is CCC(C)C(=O)Nc1cccc(CNC(=O)CCCc2nc(C)no2)c1. The Kier molecular flexibility index (Phi) is 7.32. The minimum Gasteiger partial charge on any atom is -0.352 e. The van der Waals surface area contributed by atoms with E-state index in [9.17, 15) is 9.59 Å². The molecule has 0 bridgehead atoms. The number of anilines is 1. The maximum Gasteiger partial charge on any atom is 0.227 e. The molecular formula is C19H26N4O3. The Morgan fingerprint density at radius 1 is 1.31 bits per heavy atom. The van der Waals surface area contributed by atoms with Crippen molar-refractivity contribution in [1.29, 1.82) is 0 Å². The van der Waals surface area contributed by atoms with Gasteiger partial charge in [0.15, 0.2) is 5.82 Å². The molecule has 2 amide bonds. The average molecular weight is 358 g/mol. The van der Waals surface area contributed by atoms with Gasteiger partial charge >= 0.3 is 0 Å². The van der Waals surface area contributed by atoms with Crippen LogP contribution in [0.1, 0.15) is 50.4 Å². The van der Waals surface area contributed by atoms with Gasteiger partial charge in [-0.15, -0.1) is 0 Å². The van der Waals surface area contributed by atoms with Gasteiger partial charge < -0.3 is 15.2 Å². The number of nitrogens with one attached hydrogen (secondary N) is 2. The predicted molar refractivity (Wildman–Crippen MR) is 98.3 cm³/mol. The molecule has 7 nitrogen and oxygen atoms in total. The van der Waals surface area contributed by atoms with Gasteiger partial charge in [0.05, 0.1) is 0 Å². The minimum absolute atomic E-state index is 0.00458. The molecule has 2 aromatic rings. The van der Waals surface area contributed by atoms with E-state index in [1.807, 2.05) is 38.1 Å². The number of benzene rings is 1. The maximum absolute atomic E-state index is 12.0. The zero-order chi connectivity index (χ0) is 18.9. The Balaban J connectivity index is 1.75. The number of hydrogen-bond acceptors (Lipinski definition) is 5. The summed E-state index contributed by atoms with van der Waals surface area (Å²) in [5.74, 6) is 1.10. The van der Waals surface area contributed by atoms with Crippen molar-refractivity contribution in [2.45, 2.75) is 53.0 Å². The van der Waals surface area contributed by atoms with Crippen LogP contribution in [0.3, 0.4) is 0 Å². The molecule has 1 atom stereocenters. The third-order valence-corrected chi connectivity index (χ3v) is 4.11. The first-order valence-corrected chi connectivity index (χ1v) is 8.93. The molecule has 0 aliphatic rings. The molecule has 0 saturated carbocycles. The predicted octanol–water partition coefficient (Wildman–Crippen LogP) is 3.00. The normalized spacial score (nSPS) is 11.8. The van der Waals surface area contributed by atoms with E-state index in [4.69, 9.17) is 4.52 Å². The second kappa shape index (κ2) is 9.70. The summed E-state index contributed by atoms with van der Waals surface area (Å²) in [5, 5.41) is 9.51. The lowest BCUT2D eigenvalue weighted by atomic mass is 10.1. The molecule has 1 aromatic carbocycles. The van der Waals surface area contributed by atoms with Gasteiger partial charge in [-0.1, -0.05) is 31.1 Å². The number of aromatic nitrogens is 2. The molecular weight excluding hydrogens is 332 g/mol. The summed E-state index contributed by atoms with van der Waals surface area (Å²) in [6.07, 6.45) is 2.43.